The van der Waals surface area contributed by atoms with Crippen LogP contribution in [-0.2, 0) is 0 Å². The number of aliphatic imine (C=N–C) groups is 4. The van der Waals surface area contributed by atoms with Crippen molar-refractivity contribution in [2.45, 2.75) is 58.3 Å². The number of ether oxygens (including phenoxy) is 4. The Balaban J connectivity index is 0.988. The molecule has 0 aliphatic carbocycles. The predicted molar refractivity (Wildman–Crippen MR) is 370 cm³/mol. The van der Waals surface area contributed by atoms with E-state index in [4.69, 9.17) is 38.9 Å². The number of anilines is 3. The van der Waals surface area contributed by atoms with Crippen molar-refractivity contribution in [1.29, 1.82) is 0 Å². The fraction of sp³-hybridized carbons (Fsp3) is 0.205. The molecule has 5 heterocycles. The van der Waals surface area contributed by atoms with Crippen LogP contribution in [0.1, 0.15) is 80.5 Å². The lowest BCUT2D eigenvalue weighted by Gasteiger charge is -2.16. The Morgan fingerprint density at radius 2 is 0.596 bits per heavy atom. The second-order valence-electron chi connectivity index (χ2n) is 23.2. The number of unbranched alkanes of at least 4 members (excludes halogenated alkanes) is 7. The lowest BCUT2D eigenvalue weighted by atomic mass is 9.97. The molecule has 446 valence electrons. The molecule has 5 aliphatic heterocycles. The van der Waals surface area contributed by atoms with Gasteiger partial charge in [-0.25, -0.2) is 20.0 Å². The zero-order valence-corrected chi connectivity index (χ0v) is 51.9. The highest BCUT2D eigenvalue weighted by molar-refractivity contribution is 6.39. The predicted octanol–water partition coefficient (Wildman–Crippen LogP) is 18.8. The van der Waals surface area contributed by atoms with Crippen LogP contribution < -0.4 is 33.6 Å². The van der Waals surface area contributed by atoms with Crippen LogP contribution in [0.2, 0.25) is 0 Å². The molecule has 0 saturated heterocycles. The van der Waals surface area contributed by atoms with Gasteiger partial charge in [0.25, 0.3) is 0 Å². The SMILES string of the molecule is CCCCCCCCCCOc1ccccc1C1=C2C=CC(=N2)C(c2ccc(Oc3ccc(N(C)C)cc3)cc2)=C2C=CC(=N2)C(c2ccc(Oc3ccc(N(C)C)cc3)cc2)=C2C=CC(=N2)C(c2ccc(Oc3ccc(N(C)C)cc3)cc2)=C2C=CC1=N2. The standard InChI is InChI=1S/C78H75N7O4/c1-8-9-10-11-12-13-14-17-52-86-74-19-16-15-18-65(74)78-72-50-48-70(81-72)76(54-22-34-60(35-23-54)88-63-40-28-57(29-41-63)84(4)5)68-46-44-66(79-68)75(53-20-32-59(33-21-53)87-62-38-26-56(27-39-62)83(2)3)67-45-47-69(80-67)77(71-49-51-73(78)82-71)55-24-36-61(37-25-55)89-64-42-30-58(31-43-64)85(6)7/h15-16,18-51H,8-14,17,52H2,1-7H3. The zero-order valence-electron chi connectivity index (χ0n) is 51.9. The van der Waals surface area contributed by atoms with Gasteiger partial charge >= 0.3 is 0 Å². The van der Waals surface area contributed by atoms with Crippen LogP contribution in [0.25, 0.3) is 22.3 Å². The van der Waals surface area contributed by atoms with Crippen LogP contribution in [0.3, 0.4) is 0 Å². The average molecular weight is 1170 g/mol. The Morgan fingerprint density at radius 1 is 0.303 bits per heavy atom. The molecule has 0 fully saturated rings. The summed E-state index contributed by atoms with van der Waals surface area (Å²) in [5.41, 5.74) is 16.4. The topological polar surface area (TPSA) is 96.1 Å². The number of nitrogens with zero attached hydrogens (tertiary/aromatic N) is 7. The molecule has 5 aliphatic rings. The molecule has 7 aromatic carbocycles. The van der Waals surface area contributed by atoms with E-state index in [2.05, 4.69) is 161 Å². The molecule has 0 saturated carbocycles. The Morgan fingerprint density at radius 3 is 0.933 bits per heavy atom. The van der Waals surface area contributed by atoms with E-state index in [1.807, 2.05) is 121 Å². The highest BCUT2D eigenvalue weighted by Gasteiger charge is 2.29. The second kappa shape index (κ2) is 27.2. The van der Waals surface area contributed by atoms with Crippen molar-refractivity contribution in [1.82, 2.24) is 0 Å². The second-order valence-corrected chi connectivity index (χ2v) is 23.2. The van der Waals surface area contributed by atoms with E-state index in [0.29, 0.717) is 23.9 Å². The van der Waals surface area contributed by atoms with Gasteiger partial charge in [0.15, 0.2) is 0 Å². The summed E-state index contributed by atoms with van der Waals surface area (Å²) in [6, 6.07) is 57.1. The number of rotatable bonds is 23. The lowest BCUT2D eigenvalue weighted by molar-refractivity contribution is 0.303. The van der Waals surface area contributed by atoms with Crippen LogP contribution in [0.4, 0.5) is 17.1 Å². The first-order chi connectivity index (χ1) is 43.5. The van der Waals surface area contributed by atoms with E-state index < -0.39 is 0 Å². The molecule has 0 radical (unpaired) electrons. The molecule has 0 N–H and O–H groups in total. The van der Waals surface area contributed by atoms with E-state index in [1.165, 1.54) is 38.5 Å². The minimum atomic E-state index is 0.606. The maximum absolute atomic E-state index is 6.78. The third-order valence-electron chi connectivity index (χ3n) is 16.2. The molecule has 8 bridgehead atoms. The highest BCUT2D eigenvalue weighted by atomic mass is 16.5. The third-order valence-corrected chi connectivity index (χ3v) is 16.2. The van der Waals surface area contributed by atoms with Crippen molar-refractivity contribution >= 4 is 62.2 Å². The molecule has 11 heteroatoms. The minimum absolute atomic E-state index is 0.606. The Hall–Kier alpha value is -10.3. The van der Waals surface area contributed by atoms with E-state index in [9.17, 15) is 0 Å². The minimum Gasteiger partial charge on any atom is -0.493 e. The maximum atomic E-state index is 6.78. The van der Waals surface area contributed by atoms with Gasteiger partial charge in [-0.1, -0.05) is 106 Å². The maximum Gasteiger partial charge on any atom is 0.127 e. The molecule has 89 heavy (non-hydrogen) atoms. The molecule has 7 aromatic rings. The summed E-state index contributed by atoms with van der Waals surface area (Å²) < 4.78 is 26.0. The van der Waals surface area contributed by atoms with Crippen LogP contribution in [0, 0.1) is 0 Å². The summed E-state index contributed by atoms with van der Waals surface area (Å²) in [5, 5.41) is 0. The molecule has 11 nitrogen and oxygen atoms in total. The molecule has 0 spiro atoms. The molecule has 0 unspecified atom stereocenters. The van der Waals surface area contributed by atoms with Gasteiger partial charge in [0.05, 0.1) is 52.2 Å². The average Bonchev–Trinajstić information content (AvgIpc) is 1.76. The summed E-state index contributed by atoms with van der Waals surface area (Å²) >= 11 is 0. The van der Waals surface area contributed by atoms with E-state index >= 15 is 0 Å². The van der Waals surface area contributed by atoms with Crippen LogP contribution in [0.15, 0.2) is 261 Å². The molecule has 0 aromatic heterocycles. The number of benzene rings is 7. The number of hydrogen-bond acceptors (Lipinski definition) is 11. The summed E-state index contributed by atoms with van der Waals surface area (Å²) in [5.74, 6) is 5.16. The van der Waals surface area contributed by atoms with Crippen LogP contribution >= 0.6 is 0 Å². The smallest absolute Gasteiger partial charge is 0.127 e. The highest BCUT2D eigenvalue weighted by Crippen LogP contribution is 2.42. The molecule has 0 amide bonds. The molecule has 0 atom stereocenters. The normalized spacial score (nSPS) is 14.8. The molecular formula is C78H75N7O4. The van der Waals surface area contributed by atoms with Crippen molar-refractivity contribution < 1.29 is 18.9 Å². The summed E-state index contributed by atoms with van der Waals surface area (Å²) in [4.78, 5) is 28.6. The zero-order chi connectivity index (χ0) is 61.2. The number of para-hydroxylation sites is 1. The monoisotopic (exact) mass is 1170 g/mol. The van der Waals surface area contributed by atoms with Gasteiger partial charge in [-0.3, -0.25) is 0 Å². The van der Waals surface area contributed by atoms with Gasteiger partial charge < -0.3 is 33.6 Å². The number of hydrogen-bond donors (Lipinski definition) is 0. The van der Waals surface area contributed by atoms with Crippen molar-refractivity contribution in [3.63, 3.8) is 0 Å². The summed E-state index contributed by atoms with van der Waals surface area (Å²) in [7, 11) is 12.2. The number of fused-ring (bicyclic) bond motifs is 4. The first-order valence-electron chi connectivity index (χ1n) is 31.0. The quantitative estimate of drug-likeness (QED) is 0.0589. The van der Waals surface area contributed by atoms with Crippen molar-refractivity contribution in [3.05, 3.63) is 264 Å². The third kappa shape index (κ3) is 13.8. The first kappa shape index (κ1) is 59.1. The largest absolute Gasteiger partial charge is 0.493 e. The Bertz CT molecular complexity index is 4040. The van der Waals surface area contributed by atoms with Gasteiger partial charge in [0.1, 0.15) is 40.2 Å². The van der Waals surface area contributed by atoms with Gasteiger partial charge in [-0.2, -0.15) is 0 Å². The Kier molecular flexibility index (Phi) is 18.1. The van der Waals surface area contributed by atoms with Crippen LogP contribution in [0.5, 0.6) is 40.2 Å². The van der Waals surface area contributed by atoms with Crippen molar-refractivity contribution in [2.24, 2.45) is 20.0 Å². The van der Waals surface area contributed by atoms with Gasteiger partial charge in [0, 0.05) is 87.2 Å². The van der Waals surface area contributed by atoms with Gasteiger partial charge in [0.2, 0.25) is 0 Å². The summed E-state index contributed by atoms with van der Waals surface area (Å²) in [6.45, 7) is 2.87. The van der Waals surface area contributed by atoms with Gasteiger partial charge in [-0.15, -0.1) is 0 Å². The number of allylic oxidation sites excluding steroid dienone is 12. The molecular weight excluding hydrogens is 1100 g/mol. The van der Waals surface area contributed by atoms with Gasteiger partial charge in [-0.05, 0) is 187 Å². The van der Waals surface area contributed by atoms with Crippen molar-refractivity contribution in [2.75, 3.05) is 63.6 Å². The fourth-order valence-corrected chi connectivity index (χ4v) is 11.4. The van der Waals surface area contributed by atoms with Crippen LogP contribution in [-0.4, -0.2) is 71.7 Å². The Labute approximate surface area is 524 Å². The first-order valence-corrected chi connectivity index (χ1v) is 31.0. The molecule has 12 rings (SSSR count). The van der Waals surface area contributed by atoms with E-state index in [-0.39, 0.29) is 0 Å². The van der Waals surface area contributed by atoms with E-state index in [1.54, 1.807) is 0 Å². The lowest BCUT2D eigenvalue weighted by Crippen LogP contribution is -2.07. The summed E-state index contributed by atoms with van der Waals surface area (Å²) in [6.07, 6.45) is 26.5. The van der Waals surface area contributed by atoms with E-state index in [0.717, 1.165) is 143 Å². The van der Waals surface area contributed by atoms with Crippen molar-refractivity contribution in [3.8, 4) is 40.2 Å². The fourth-order valence-electron chi connectivity index (χ4n) is 11.4.